The van der Waals surface area contributed by atoms with Gasteiger partial charge in [-0.2, -0.15) is 0 Å². The van der Waals surface area contributed by atoms with Crippen LogP contribution in [0.1, 0.15) is 27.6 Å². The number of esters is 1. The van der Waals surface area contributed by atoms with E-state index in [2.05, 4.69) is 6.58 Å². The largest absolute Gasteiger partial charge is 0.490 e. The lowest BCUT2D eigenvalue weighted by Gasteiger charge is -2.13. The molecule has 7 nitrogen and oxygen atoms in total. The van der Waals surface area contributed by atoms with Crippen molar-refractivity contribution in [2.24, 2.45) is 0 Å². The molecular formula is C22H21NO6. The molecule has 2 aromatic rings. The first-order valence-corrected chi connectivity index (χ1v) is 9.06. The van der Waals surface area contributed by atoms with Crippen LogP contribution in [0.4, 0.5) is 0 Å². The summed E-state index contributed by atoms with van der Waals surface area (Å²) in [5, 5.41) is 0. The van der Waals surface area contributed by atoms with Crippen molar-refractivity contribution in [1.29, 1.82) is 0 Å². The topological polar surface area (TPSA) is 82.1 Å². The van der Waals surface area contributed by atoms with Gasteiger partial charge in [-0.05, 0) is 48.9 Å². The highest BCUT2D eigenvalue weighted by Gasteiger charge is 2.36. The predicted octanol–water partition coefficient (Wildman–Crippen LogP) is 2.86. The van der Waals surface area contributed by atoms with Crippen molar-refractivity contribution in [3.05, 3.63) is 71.8 Å². The van der Waals surface area contributed by atoms with Crippen LogP contribution in [0.3, 0.4) is 0 Å². The maximum absolute atomic E-state index is 12.2. The maximum atomic E-state index is 12.2. The van der Waals surface area contributed by atoms with E-state index in [1.165, 1.54) is 0 Å². The Bertz CT molecular complexity index is 900. The minimum absolute atomic E-state index is 0.00405. The lowest BCUT2D eigenvalue weighted by atomic mass is 10.1. The molecule has 1 aliphatic rings. The lowest BCUT2D eigenvalue weighted by molar-refractivity contribution is -0.144. The molecule has 29 heavy (non-hydrogen) atoms. The second-order valence-corrected chi connectivity index (χ2v) is 6.53. The van der Waals surface area contributed by atoms with Gasteiger partial charge in [0, 0.05) is 0 Å². The average Bonchev–Trinajstić information content (AvgIpc) is 2.95. The van der Waals surface area contributed by atoms with Crippen molar-refractivity contribution in [2.45, 2.75) is 6.92 Å². The van der Waals surface area contributed by atoms with E-state index < -0.39 is 24.3 Å². The number of hydrogen-bond donors (Lipinski definition) is 0. The molecule has 2 aromatic carbocycles. The zero-order valence-corrected chi connectivity index (χ0v) is 16.1. The molecule has 0 atom stereocenters. The quantitative estimate of drug-likeness (QED) is 0.281. The molecule has 0 aromatic heterocycles. The molecule has 0 N–H and O–H groups in total. The third-order valence-electron chi connectivity index (χ3n) is 4.09. The number of imide groups is 1. The monoisotopic (exact) mass is 395 g/mol. The summed E-state index contributed by atoms with van der Waals surface area (Å²) in [5.41, 5.74) is 1.52. The van der Waals surface area contributed by atoms with E-state index in [9.17, 15) is 14.4 Å². The van der Waals surface area contributed by atoms with Gasteiger partial charge in [0.25, 0.3) is 11.8 Å². The Hall–Kier alpha value is -3.61. The van der Waals surface area contributed by atoms with Gasteiger partial charge in [-0.15, -0.1) is 0 Å². The number of rotatable bonds is 9. The second kappa shape index (κ2) is 9.05. The van der Waals surface area contributed by atoms with E-state index in [0.29, 0.717) is 29.2 Å². The summed E-state index contributed by atoms with van der Waals surface area (Å²) in [6.07, 6.45) is 0. The molecule has 0 bridgehead atoms. The van der Waals surface area contributed by atoms with E-state index in [1.807, 2.05) is 6.92 Å². The van der Waals surface area contributed by atoms with Crippen LogP contribution in [0.2, 0.25) is 0 Å². The molecule has 7 heteroatoms. The molecule has 1 heterocycles. The van der Waals surface area contributed by atoms with E-state index >= 15 is 0 Å². The van der Waals surface area contributed by atoms with E-state index in [4.69, 9.17) is 14.2 Å². The Balaban J connectivity index is 1.40. The number of benzene rings is 2. The van der Waals surface area contributed by atoms with Crippen LogP contribution in [0.25, 0.3) is 0 Å². The molecule has 0 unspecified atom stereocenters. The van der Waals surface area contributed by atoms with E-state index in [0.717, 1.165) is 10.5 Å². The van der Waals surface area contributed by atoms with Gasteiger partial charge in [-0.25, -0.2) is 0 Å². The van der Waals surface area contributed by atoms with Gasteiger partial charge in [-0.1, -0.05) is 18.7 Å². The fraction of sp³-hybridized carbons (Fsp3) is 0.227. The van der Waals surface area contributed by atoms with Gasteiger partial charge < -0.3 is 14.2 Å². The summed E-state index contributed by atoms with van der Waals surface area (Å²) < 4.78 is 16.1. The third kappa shape index (κ3) is 5.01. The summed E-state index contributed by atoms with van der Waals surface area (Å²) >= 11 is 0. The fourth-order valence-corrected chi connectivity index (χ4v) is 2.71. The van der Waals surface area contributed by atoms with Gasteiger partial charge in [0.1, 0.15) is 37.9 Å². The first-order valence-electron chi connectivity index (χ1n) is 9.06. The molecule has 0 saturated carbocycles. The second-order valence-electron chi connectivity index (χ2n) is 6.53. The summed E-state index contributed by atoms with van der Waals surface area (Å²) in [6.45, 7) is 5.81. The minimum atomic E-state index is -0.674. The number of hydrogen-bond acceptors (Lipinski definition) is 6. The summed E-state index contributed by atoms with van der Waals surface area (Å²) in [4.78, 5) is 37.3. The lowest BCUT2D eigenvalue weighted by Crippen LogP contribution is -2.36. The number of carbonyl (C=O) groups excluding carboxylic acids is 3. The number of fused-ring (bicyclic) bond motifs is 1. The molecule has 2 amide bonds. The molecule has 0 aliphatic carbocycles. The molecule has 1 aliphatic heterocycles. The maximum Gasteiger partial charge on any atom is 0.326 e. The zero-order valence-electron chi connectivity index (χ0n) is 16.1. The smallest absolute Gasteiger partial charge is 0.326 e. The molecule has 0 fully saturated rings. The summed E-state index contributed by atoms with van der Waals surface area (Å²) in [6, 6.07) is 13.5. The van der Waals surface area contributed by atoms with Crippen LogP contribution in [0.15, 0.2) is 60.7 Å². The van der Waals surface area contributed by atoms with Crippen LogP contribution in [0.5, 0.6) is 11.5 Å². The Morgan fingerprint density at radius 2 is 1.45 bits per heavy atom. The molecular weight excluding hydrogens is 374 g/mol. The van der Waals surface area contributed by atoms with Crippen LogP contribution in [0, 0.1) is 0 Å². The van der Waals surface area contributed by atoms with Crippen LogP contribution >= 0.6 is 0 Å². The Labute approximate surface area is 168 Å². The van der Waals surface area contributed by atoms with E-state index in [-0.39, 0.29) is 13.2 Å². The van der Waals surface area contributed by atoms with Gasteiger partial charge in [0.05, 0.1) is 11.1 Å². The Kier molecular flexibility index (Phi) is 6.29. The van der Waals surface area contributed by atoms with Crippen molar-refractivity contribution in [3.8, 4) is 11.5 Å². The number of carbonyl (C=O) groups is 3. The Morgan fingerprint density at radius 3 is 2.00 bits per heavy atom. The SMILES string of the molecule is C=C(C)COc1ccc(OCCOC(=O)CN2C(=O)c3ccccc3C2=O)cc1. The van der Waals surface area contributed by atoms with Gasteiger partial charge in [-0.3, -0.25) is 19.3 Å². The number of nitrogens with zero attached hydrogens (tertiary/aromatic N) is 1. The molecule has 150 valence electrons. The van der Waals surface area contributed by atoms with Crippen molar-refractivity contribution >= 4 is 17.8 Å². The Morgan fingerprint density at radius 1 is 0.897 bits per heavy atom. The number of amides is 2. The average molecular weight is 395 g/mol. The standard InChI is InChI=1S/C22H21NO6/c1-15(2)14-29-17-9-7-16(8-10-17)27-11-12-28-20(24)13-23-21(25)18-5-3-4-6-19(18)22(23)26/h3-10H,1,11-14H2,2H3. The summed E-state index contributed by atoms with van der Waals surface area (Å²) in [5.74, 6) is -0.357. The highest BCUT2D eigenvalue weighted by Crippen LogP contribution is 2.22. The van der Waals surface area contributed by atoms with Gasteiger partial charge in [0.15, 0.2) is 0 Å². The molecule has 3 rings (SSSR count). The fourth-order valence-electron chi connectivity index (χ4n) is 2.71. The summed E-state index contributed by atoms with van der Waals surface area (Å²) in [7, 11) is 0. The zero-order chi connectivity index (χ0) is 20.8. The highest BCUT2D eigenvalue weighted by atomic mass is 16.6. The first-order chi connectivity index (χ1) is 14.0. The minimum Gasteiger partial charge on any atom is -0.490 e. The number of ether oxygens (including phenoxy) is 3. The molecule has 0 radical (unpaired) electrons. The third-order valence-corrected chi connectivity index (χ3v) is 4.09. The van der Waals surface area contributed by atoms with Crippen molar-refractivity contribution in [1.82, 2.24) is 4.90 Å². The van der Waals surface area contributed by atoms with Crippen molar-refractivity contribution < 1.29 is 28.6 Å². The highest BCUT2D eigenvalue weighted by molar-refractivity contribution is 6.22. The first kappa shape index (κ1) is 20.1. The van der Waals surface area contributed by atoms with Crippen LogP contribution in [-0.4, -0.2) is 49.0 Å². The molecule has 0 spiro atoms. The van der Waals surface area contributed by atoms with Crippen LogP contribution < -0.4 is 9.47 Å². The van der Waals surface area contributed by atoms with Crippen molar-refractivity contribution in [3.63, 3.8) is 0 Å². The normalized spacial score (nSPS) is 12.5. The predicted molar refractivity (Wildman–Crippen MR) is 105 cm³/mol. The van der Waals surface area contributed by atoms with E-state index in [1.54, 1.807) is 48.5 Å². The molecule has 0 saturated heterocycles. The van der Waals surface area contributed by atoms with Crippen LogP contribution in [-0.2, 0) is 9.53 Å². The van der Waals surface area contributed by atoms with Crippen molar-refractivity contribution in [2.75, 3.05) is 26.4 Å². The van der Waals surface area contributed by atoms with Gasteiger partial charge in [0.2, 0.25) is 0 Å². The van der Waals surface area contributed by atoms with Gasteiger partial charge >= 0.3 is 5.97 Å².